The van der Waals surface area contributed by atoms with Crippen LogP contribution in [0.1, 0.15) is 17.7 Å². The van der Waals surface area contributed by atoms with Gasteiger partial charge in [0, 0.05) is 43.5 Å². The molecule has 2 aromatic rings. The van der Waals surface area contributed by atoms with Gasteiger partial charge in [0.05, 0.1) is 13.2 Å². The SMILES string of the molecule is Cc1cccc(NC(=O)CCNc2cc(C)nc(N3CCOCC3)n2)c1. The van der Waals surface area contributed by atoms with E-state index in [0.717, 1.165) is 35.9 Å². The third-order valence-electron chi connectivity index (χ3n) is 4.10. The van der Waals surface area contributed by atoms with E-state index >= 15 is 0 Å². The number of aromatic nitrogens is 2. The second-order valence-corrected chi connectivity index (χ2v) is 6.39. The standard InChI is InChI=1S/C19H25N5O2/c1-14-4-3-5-16(12-14)22-18(25)6-7-20-17-13-15(2)21-19(23-17)24-8-10-26-11-9-24/h3-5,12-13H,6-11H2,1-2H3,(H,22,25)(H,20,21,23). The zero-order valence-electron chi connectivity index (χ0n) is 15.3. The lowest BCUT2D eigenvalue weighted by molar-refractivity contribution is -0.115. The number of rotatable bonds is 6. The Morgan fingerprint density at radius 2 is 2.00 bits per heavy atom. The first-order chi connectivity index (χ1) is 12.6. The van der Waals surface area contributed by atoms with E-state index in [1.807, 2.05) is 44.2 Å². The van der Waals surface area contributed by atoms with E-state index in [1.165, 1.54) is 0 Å². The molecule has 1 aliphatic heterocycles. The fourth-order valence-corrected chi connectivity index (χ4v) is 2.80. The monoisotopic (exact) mass is 355 g/mol. The number of nitrogens with zero attached hydrogens (tertiary/aromatic N) is 3. The highest BCUT2D eigenvalue weighted by molar-refractivity contribution is 5.91. The number of amides is 1. The van der Waals surface area contributed by atoms with Crippen molar-refractivity contribution in [1.29, 1.82) is 0 Å². The Bertz CT molecular complexity index is 759. The Labute approximate surface area is 153 Å². The molecule has 0 bridgehead atoms. The highest BCUT2D eigenvalue weighted by Crippen LogP contribution is 2.15. The summed E-state index contributed by atoms with van der Waals surface area (Å²) in [5.41, 5.74) is 2.84. The molecule has 0 radical (unpaired) electrons. The number of hydrogen-bond donors (Lipinski definition) is 2. The van der Waals surface area contributed by atoms with Crippen LogP contribution >= 0.6 is 0 Å². The van der Waals surface area contributed by atoms with Crippen LogP contribution in [0.15, 0.2) is 30.3 Å². The van der Waals surface area contributed by atoms with Crippen LogP contribution in [0.2, 0.25) is 0 Å². The van der Waals surface area contributed by atoms with Crippen molar-refractivity contribution in [3.05, 3.63) is 41.6 Å². The molecule has 1 fully saturated rings. The summed E-state index contributed by atoms with van der Waals surface area (Å²) in [6, 6.07) is 9.66. The van der Waals surface area contributed by atoms with Crippen molar-refractivity contribution < 1.29 is 9.53 Å². The van der Waals surface area contributed by atoms with Gasteiger partial charge in [-0.2, -0.15) is 4.98 Å². The van der Waals surface area contributed by atoms with Crippen molar-refractivity contribution in [3.8, 4) is 0 Å². The smallest absolute Gasteiger partial charge is 0.227 e. The number of carbonyl (C=O) groups is 1. The van der Waals surface area contributed by atoms with Gasteiger partial charge in [-0.15, -0.1) is 0 Å². The molecule has 1 aliphatic rings. The van der Waals surface area contributed by atoms with E-state index in [1.54, 1.807) is 0 Å². The highest BCUT2D eigenvalue weighted by atomic mass is 16.5. The van der Waals surface area contributed by atoms with Crippen LogP contribution < -0.4 is 15.5 Å². The number of nitrogens with one attached hydrogen (secondary N) is 2. The van der Waals surface area contributed by atoms with Gasteiger partial charge in [0.15, 0.2) is 0 Å². The summed E-state index contributed by atoms with van der Waals surface area (Å²) in [7, 11) is 0. The van der Waals surface area contributed by atoms with E-state index in [2.05, 4.69) is 25.5 Å². The molecule has 3 rings (SSSR count). The summed E-state index contributed by atoms with van der Waals surface area (Å²) in [5, 5.41) is 6.13. The minimum Gasteiger partial charge on any atom is -0.378 e. The topological polar surface area (TPSA) is 79.4 Å². The van der Waals surface area contributed by atoms with Gasteiger partial charge in [-0.1, -0.05) is 12.1 Å². The number of ether oxygens (including phenoxy) is 1. The summed E-state index contributed by atoms with van der Waals surface area (Å²) in [6.07, 6.45) is 0.365. The summed E-state index contributed by atoms with van der Waals surface area (Å²) < 4.78 is 5.37. The fraction of sp³-hybridized carbons (Fsp3) is 0.421. The Morgan fingerprint density at radius 3 is 2.77 bits per heavy atom. The Hall–Kier alpha value is -2.67. The predicted molar refractivity (Wildman–Crippen MR) is 103 cm³/mol. The average molecular weight is 355 g/mol. The Morgan fingerprint density at radius 1 is 1.19 bits per heavy atom. The van der Waals surface area contributed by atoms with E-state index in [9.17, 15) is 4.79 Å². The first kappa shape index (κ1) is 18.1. The van der Waals surface area contributed by atoms with Gasteiger partial charge in [-0.25, -0.2) is 4.98 Å². The molecule has 2 N–H and O–H groups in total. The first-order valence-corrected chi connectivity index (χ1v) is 8.89. The number of benzene rings is 1. The molecule has 1 aromatic carbocycles. The van der Waals surface area contributed by atoms with Gasteiger partial charge in [0.1, 0.15) is 5.82 Å². The fourth-order valence-electron chi connectivity index (χ4n) is 2.80. The molecule has 1 amide bonds. The lowest BCUT2D eigenvalue weighted by Gasteiger charge is -2.27. The molecule has 26 heavy (non-hydrogen) atoms. The van der Waals surface area contributed by atoms with E-state index in [0.29, 0.717) is 32.1 Å². The number of aryl methyl sites for hydroxylation is 2. The maximum Gasteiger partial charge on any atom is 0.227 e. The van der Waals surface area contributed by atoms with Gasteiger partial charge in [0.25, 0.3) is 0 Å². The average Bonchev–Trinajstić information content (AvgIpc) is 2.62. The van der Waals surface area contributed by atoms with Crippen LogP contribution in [-0.2, 0) is 9.53 Å². The number of anilines is 3. The van der Waals surface area contributed by atoms with Crippen molar-refractivity contribution in [1.82, 2.24) is 9.97 Å². The number of morpholine rings is 1. The van der Waals surface area contributed by atoms with Crippen LogP contribution in [0.3, 0.4) is 0 Å². The minimum absolute atomic E-state index is 0.0257. The minimum atomic E-state index is -0.0257. The largest absolute Gasteiger partial charge is 0.378 e. The van der Waals surface area contributed by atoms with Gasteiger partial charge < -0.3 is 20.3 Å². The third kappa shape index (κ3) is 5.16. The van der Waals surface area contributed by atoms with Gasteiger partial charge >= 0.3 is 0 Å². The van der Waals surface area contributed by atoms with Gasteiger partial charge in [-0.05, 0) is 31.5 Å². The zero-order chi connectivity index (χ0) is 18.4. The molecular weight excluding hydrogens is 330 g/mol. The molecule has 1 aromatic heterocycles. The molecule has 1 saturated heterocycles. The molecule has 2 heterocycles. The van der Waals surface area contributed by atoms with Crippen molar-refractivity contribution >= 4 is 23.4 Å². The van der Waals surface area contributed by atoms with Gasteiger partial charge in [-0.3, -0.25) is 4.79 Å². The second kappa shape index (κ2) is 8.62. The van der Waals surface area contributed by atoms with Crippen molar-refractivity contribution in [3.63, 3.8) is 0 Å². The molecule has 138 valence electrons. The zero-order valence-corrected chi connectivity index (χ0v) is 15.3. The summed E-state index contributed by atoms with van der Waals surface area (Å²) >= 11 is 0. The molecular formula is C19H25N5O2. The third-order valence-corrected chi connectivity index (χ3v) is 4.10. The summed E-state index contributed by atoms with van der Waals surface area (Å²) in [5.74, 6) is 1.42. The lowest BCUT2D eigenvalue weighted by Crippen LogP contribution is -2.37. The predicted octanol–water partition coefficient (Wildman–Crippen LogP) is 2.37. The molecule has 7 heteroatoms. The second-order valence-electron chi connectivity index (χ2n) is 6.39. The lowest BCUT2D eigenvalue weighted by atomic mass is 10.2. The quantitative estimate of drug-likeness (QED) is 0.828. The normalized spacial score (nSPS) is 14.2. The number of hydrogen-bond acceptors (Lipinski definition) is 6. The van der Waals surface area contributed by atoms with Crippen LogP contribution in [-0.4, -0.2) is 48.7 Å². The molecule has 7 nitrogen and oxygen atoms in total. The van der Waals surface area contributed by atoms with Crippen molar-refractivity contribution in [2.75, 3.05) is 48.4 Å². The maximum absolute atomic E-state index is 12.1. The summed E-state index contributed by atoms with van der Waals surface area (Å²) in [4.78, 5) is 23.3. The van der Waals surface area contributed by atoms with Crippen LogP contribution in [0.25, 0.3) is 0 Å². The Balaban J connectivity index is 1.52. The molecule has 0 aliphatic carbocycles. The highest BCUT2D eigenvalue weighted by Gasteiger charge is 2.15. The first-order valence-electron chi connectivity index (χ1n) is 8.89. The van der Waals surface area contributed by atoms with Crippen LogP contribution in [0.4, 0.5) is 17.5 Å². The Kier molecular flexibility index (Phi) is 6.01. The van der Waals surface area contributed by atoms with Crippen molar-refractivity contribution in [2.45, 2.75) is 20.3 Å². The van der Waals surface area contributed by atoms with E-state index < -0.39 is 0 Å². The molecule has 0 saturated carbocycles. The number of carbonyl (C=O) groups excluding carboxylic acids is 1. The van der Waals surface area contributed by atoms with Crippen LogP contribution in [0.5, 0.6) is 0 Å². The molecule has 0 unspecified atom stereocenters. The molecule has 0 spiro atoms. The van der Waals surface area contributed by atoms with Crippen molar-refractivity contribution in [2.24, 2.45) is 0 Å². The summed E-state index contributed by atoms with van der Waals surface area (Å²) in [6.45, 7) is 7.43. The van der Waals surface area contributed by atoms with E-state index in [-0.39, 0.29) is 5.91 Å². The van der Waals surface area contributed by atoms with E-state index in [4.69, 9.17) is 4.74 Å². The van der Waals surface area contributed by atoms with Crippen LogP contribution in [0, 0.1) is 13.8 Å². The molecule has 0 atom stereocenters. The maximum atomic E-state index is 12.1. The van der Waals surface area contributed by atoms with Gasteiger partial charge in [0.2, 0.25) is 11.9 Å².